The number of carbonyl (C=O) groups excluding carboxylic acids is 2. The van der Waals surface area contributed by atoms with Gasteiger partial charge in [0, 0.05) is 10.0 Å². The second-order valence-electron chi connectivity index (χ2n) is 9.87. The quantitative estimate of drug-likeness (QED) is 0.252. The first-order valence-corrected chi connectivity index (χ1v) is 12.6. The topological polar surface area (TPSA) is 87.1 Å². The molecular weight excluding hydrogens is 599 g/mol. The third kappa shape index (κ3) is 4.76. The second-order valence-corrected chi connectivity index (χ2v) is 10.8. The number of halogens is 7. The van der Waals surface area contributed by atoms with Crippen molar-refractivity contribution in [3.63, 3.8) is 0 Å². The number of anilines is 1. The summed E-state index contributed by atoms with van der Waals surface area (Å²) in [7, 11) is -1.50. The Balaban J connectivity index is 1.57. The predicted molar refractivity (Wildman–Crippen MR) is 129 cm³/mol. The van der Waals surface area contributed by atoms with Crippen LogP contribution in [-0.2, 0) is 26.6 Å². The molecule has 6 nitrogen and oxygen atoms in total. The number of allylic oxidation sites excluding steroid dienone is 2. The van der Waals surface area contributed by atoms with Gasteiger partial charge in [-0.05, 0) is 67.6 Å². The van der Waals surface area contributed by atoms with Crippen molar-refractivity contribution >= 4 is 40.6 Å². The Morgan fingerprint density at radius 1 is 0.974 bits per heavy atom. The van der Waals surface area contributed by atoms with E-state index in [1.165, 1.54) is 6.07 Å². The van der Waals surface area contributed by atoms with Crippen LogP contribution in [0, 0.1) is 17.8 Å². The lowest BCUT2D eigenvalue weighted by molar-refractivity contribution is -0.143. The fraction of sp³-hybridized carbons (Fsp3) is 0.360. The lowest BCUT2D eigenvalue weighted by Crippen LogP contribution is -2.44. The maximum atomic E-state index is 13.6. The maximum absolute atomic E-state index is 13.6. The molecule has 0 aromatic heterocycles. The summed E-state index contributed by atoms with van der Waals surface area (Å²) in [6.07, 6.45) is -11.2. The van der Waals surface area contributed by atoms with Crippen molar-refractivity contribution in [2.24, 2.45) is 17.8 Å². The molecule has 14 heteroatoms. The van der Waals surface area contributed by atoms with Crippen LogP contribution < -0.4 is 4.90 Å². The van der Waals surface area contributed by atoms with Crippen LogP contribution in [-0.4, -0.2) is 29.1 Å². The van der Waals surface area contributed by atoms with Crippen LogP contribution in [0.2, 0.25) is 0 Å². The minimum absolute atomic E-state index is 0.0260. The molecule has 0 radical (unpaired) electrons. The van der Waals surface area contributed by atoms with Crippen molar-refractivity contribution in [1.29, 1.82) is 0 Å². The fourth-order valence-electron chi connectivity index (χ4n) is 5.86. The summed E-state index contributed by atoms with van der Waals surface area (Å²) in [6, 6.07) is 5.16. The smallest absolute Gasteiger partial charge is 0.487 e. The molecule has 0 spiro atoms. The highest BCUT2D eigenvalue weighted by molar-refractivity contribution is 9.10. The lowest BCUT2D eigenvalue weighted by Gasteiger charge is -2.41. The molecule has 4 atom stereocenters. The Morgan fingerprint density at radius 2 is 1.59 bits per heavy atom. The van der Waals surface area contributed by atoms with Gasteiger partial charge in [-0.3, -0.25) is 9.59 Å². The standard InChI is InChI=1S/C25H19BBrF6NO5/c1-10-4-17-20(16-9-19(39-26(38)21(10)16)15-8-13(27)2-3-18(15)35)23(37)34(22(17)36)14-6-11(24(28,29)30)5-12(7-14)25(31,32)33/h2-3,5-8,16-17,19-20,35,38H,4,9H2,1H3/t16-,17-,19-,20+/m0/s1. The predicted octanol–water partition coefficient (Wildman–Crippen LogP) is 5.82. The second kappa shape index (κ2) is 9.38. The molecular formula is C25H19BBrF6NO5. The zero-order valence-electron chi connectivity index (χ0n) is 20.0. The number of aromatic hydroxyl groups is 1. The van der Waals surface area contributed by atoms with E-state index in [1.54, 1.807) is 19.1 Å². The first kappa shape index (κ1) is 27.7. The molecule has 3 aliphatic rings. The van der Waals surface area contributed by atoms with E-state index in [-0.39, 0.29) is 24.7 Å². The van der Waals surface area contributed by atoms with Gasteiger partial charge in [0.05, 0.1) is 34.8 Å². The lowest BCUT2D eigenvalue weighted by atomic mass is 9.55. The summed E-state index contributed by atoms with van der Waals surface area (Å²) in [5, 5.41) is 21.2. The molecule has 0 unspecified atom stereocenters. The van der Waals surface area contributed by atoms with Crippen LogP contribution in [0.25, 0.3) is 0 Å². The van der Waals surface area contributed by atoms with Gasteiger partial charge in [0.1, 0.15) is 5.75 Å². The number of phenolic OH excluding ortho intramolecular Hbond substituents is 1. The number of benzene rings is 2. The number of imide groups is 1. The molecule has 1 aliphatic carbocycles. The summed E-state index contributed by atoms with van der Waals surface area (Å²) in [5.74, 6) is -5.05. The van der Waals surface area contributed by atoms with Gasteiger partial charge >= 0.3 is 19.5 Å². The molecule has 206 valence electrons. The summed E-state index contributed by atoms with van der Waals surface area (Å²) >= 11 is 3.29. The van der Waals surface area contributed by atoms with E-state index in [0.717, 1.165) is 0 Å². The molecule has 2 amide bonds. The average Bonchev–Trinajstić information content (AvgIpc) is 3.08. The molecule has 2 aromatic carbocycles. The number of hydrogen-bond acceptors (Lipinski definition) is 5. The number of carbonyl (C=O) groups is 2. The van der Waals surface area contributed by atoms with Crippen LogP contribution in [0.15, 0.2) is 51.9 Å². The van der Waals surface area contributed by atoms with Crippen LogP contribution in [0.4, 0.5) is 32.0 Å². The number of alkyl halides is 6. The monoisotopic (exact) mass is 617 g/mol. The molecule has 2 fully saturated rings. The highest BCUT2D eigenvalue weighted by atomic mass is 79.9. The SMILES string of the molecule is CC1=C2B(O)O[C@H](c3cc(Br)ccc3O)C[C@H]2[C@H]2C(=O)N(c3cc(C(F)(F)F)cc(C(F)(F)F)c3)C(=O)[C@H]2C1. The molecule has 5 rings (SSSR count). The van der Waals surface area contributed by atoms with E-state index in [1.807, 2.05) is 0 Å². The minimum Gasteiger partial charge on any atom is -0.508 e. The van der Waals surface area contributed by atoms with Crippen molar-refractivity contribution in [3.8, 4) is 5.75 Å². The molecule has 0 bridgehead atoms. The van der Waals surface area contributed by atoms with E-state index >= 15 is 0 Å². The Kier molecular flexibility index (Phi) is 6.66. The first-order valence-electron chi connectivity index (χ1n) is 11.8. The number of rotatable bonds is 2. The fourth-order valence-corrected chi connectivity index (χ4v) is 6.24. The van der Waals surface area contributed by atoms with Gasteiger partial charge in [-0.25, -0.2) is 4.90 Å². The summed E-state index contributed by atoms with van der Waals surface area (Å²) < 4.78 is 87.1. The molecule has 39 heavy (non-hydrogen) atoms. The van der Waals surface area contributed by atoms with E-state index < -0.39 is 72.0 Å². The van der Waals surface area contributed by atoms with E-state index in [4.69, 9.17) is 4.65 Å². The van der Waals surface area contributed by atoms with Crippen LogP contribution in [0.3, 0.4) is 0 Å². The van der Waals surface area contributed by atoms with Crippen molar-refractivity contribution in [1.82, 2.24) is 0 Å². The van der Waals surface area contributed by atoms with Gasteiger partial charge in [0.25, 0.3) is 0 Å². The number of hydrogen-bond donors (Lipinski definition) is 2. The van der Waals surface area contributed by atoms with Crippen molar-refractivity contribution < 1.29 is 50.7 Å². The first-order chi connectivity index (χ1) is 18.1. The maximum Gasteiger partial charge on any atom is 0.487 e. The summed E-state index contributed by atoms with van der Waals surface area (Å²) in [5.41, 5.74) is -2.95. The average molecular weight is 618 g/mol. The molecule has 2 aliphatic heterocycles. The molecule has 2 N–H and O–H groups in total. The number of amides is 2. The van der Waals surface area contributed by atoms with Crippen molar-refractivity contribution in [2.45, 2.75) is 38.2 Å². The Labute approximate surface area is 226 Å². The van der Waals surface area contributed by atoms with Crippen LogP contribution in [0.5, 0.6) is 5.75 Å². The van der Waals surface area contributed by atoms with Crippen molar-refractivity contribution in [2.75, 3.05) is 4.90 Å². The van der Waals surface area contributed by atoms with Gasteiger partial charge in [-0.15, -0.1) is 0 Å². The highest BCUT2D eigenvalue weighted by Gasteiger charge is 2.58. The van der Waals surface area contributed by atoms with Gasteiger partial charge < -0.3 is 14.8 Å². The molecule has 2 saturated heterocycles. The largest absolute Gasteiger partial charge is 0.508 e. The third-order valence-electron chi connectivity index (χ3n) is 7.52. The number of fused-ring (bicyclic) bond motifs is 3. The Hall–Kier alpha value is -2.84. The van der Waals surface area contributed by atoms with Crippen LogP contribution >= 0.6 is 15.9 Å². The summed E-state index contributed by atoms with van der Waals surface area (Å²) in [6.45, 7) is 1.62. The number of phenols is 1. The van der Waals surface area contributed by atoms with Crippen molar-refractivity contribution in [3.05, 3.63) is 68.6 Å². The van der Waals surface area contributed by atoms with E-state index in [2.05, 4.69) is 15.9 Å². The highest BCUT2D eigenvalue weighted by Crippen LogP contribution is 2.53. The van der Waals surface area contributed by atoms with Crippen LogP contribution in [0.1, 0.15) is 42.6 Å². The zero-order valence-corrected chi connectivity index (χ0v) is 21.6. The van der Waals surface area contributed by atoms with Gasteiger partial charge in [-0.2, -0.15) is 26.3 Å². The molecule has 0 saturated carbocycles. The normalized spacial score (nSPS) is 25.8. The zero-order chi connectivity index (χ0) is 28.6. The van der Waals surface area contributed by atoms with Gasteiger partial charge in [-0.1, -0.05) is 21.5 Å². The van der Waals surface area contributed by atoms with Gasteiger partial charge in [0.2, 0.25) is 11.8 Å². The Morgan fingerprint density at radius 3 is 2.18 bits per heavy atom. The summed E-state index contributed by atoms with van der Waals surface area (Å²) in [4.78, 5) is 27.4. The van der Waals surface area contributed by atoms with Gasteiger partial charge in [0.15, 0.2) is 0 Å². The minimum atomic E-state index is -5.16. The number of nitrogens with zero attached hydrogens (tertiary/aromatic N) is 1. The third-order valence-corrected chi connectivity index (χ3v) is 8.02. The molecule has 2 aromatic rings. The molecule has 2 heterocycles. The van der Waals surface area contributed by atoms with E-state index in [9.17, 15) is 46.1 Å². The Bertz CT molecular complexity index is 1380. The van der Waals surface area contributed by atoms with E-state index in [0.29, 0.717) is 38.1 Å².